The van der Waals surface area contributed by atoms with Crippen molar-refractivity contribution in [1.29, 1.82) is 0 Å². The summed E-state index contributed by atoms with van der Waals surface area (Å²) in [5.74, 6) is -2.57. The first-order chi connectivity index (χ1) is 11.7. The van der Waals surface area contributed by atoms with E-state index in [1.165, 1.54) is 49.6 Å². The molecule has 2 N–H and O–H groups in total. The van der Waals surface area contributed by atoms with Gasteiger partial charge in [0.25, 0.3) is 5.91 Å². The third kappa shape index (κ3) is 4.63. The van der Waals surface area contributed by atoms with E-state index in [-0.39, 0.29) is 27.7 Å². The molecule has 0 spiro atoms. The van der Waals surface area contributed by atoms with E-state index in [4.69, 9.17) is 16.3 Å². The quantitative estimate of drug-likeness (QED) is 0.849. The van der Waals surface area contributed by atoms with Crippen molar-refractivity contribution in [3.8, 4) is 5.75 Å². The summed E-state index contributed by atoms with van der Waals surface area (Å²) >= 11 is 5.85. The van der Waals surface area contributed by atoms with Crippen LogP contribution < -0.4 is 15.4 Å². The Kier molecular flexibility index (Phi) is 5.53. The van der Waals surface area contributed by atoms with Gasteiger partial charge in [-0.25, -0.2) is 0 Å². The number of benzene rings is 2. The third-order valence-corrected chi connectivity index (χ3v) is 3.32. The maximum atomic E-state index is 12.4. The van der Waals surface area contributed by atoms with Crippen LogP contribution in [-0.4, -0.2) is 25.1 Å². The second kappa shape index (κ2) is 7.43. The molecule has 0 saturated carbocycles. The first-order valence-electron chi connectivity index (χ1n) is 6.84. The summed E-state index contributed by atoms with van der Waals surface area (Å²) in [7, 11) is 1.36. The van der Waals surface area contributed by atoms with E-state index < -0.39 is 18.0 Å². The number of methoxy groups -OCH3 is 1. The molecule has 5 nitrogen and oxygen atoms in total. The Balaban J connectivity index is 2.28. The van der Waals surface area contributed by atoms with Gasteiger partial charge in [0.1, 0.15) is 5.75 Å². The van der Waals surface area contributed by atoms with E-state index in [2.05, 4.69) is 5.32 Å². The molecule has 2 aromatic rings. The number of carbonyl (C=O) groups is 2. The van der Waals surface area contributed by atoms with Crippen molar-refractivity contribution in [2.45, 2.75) is 6.18 Å². The number of ether oxygens (including phenoxy) is 1. The normalized spacial score (nSPS) is 10.9. The Bertz CT molecular complexity index is 809. The summed E-state index contributed by atoms with van der Waals surface area (Å²) < 4.78 is 42.3. The second-order valence-electron chi connectivity index (χ2n) is 4.80. The second-order valence-corrected chi connectivity index (χ2v) is 5.23. The molecule has 9 heteroatoms. The van der Waals surface area contributed by atoms with Crippen LogP contribution in [0.4, 0.5) is 24.5 Å². The van der Waals surface area contributed by atoms with Crippen LogP contribution in [0.15, 0.2) is 42.5 Å². The molecule has 2 rings (SSSR count). The van der Waals surface area contributed by atoms with E-state index in [0.717, 1.165) is 0 Å². The number of para-hydroxylation sites is 2. The molecule has 0 unspecified atom stereocenters. The fraction of sp³-hybridized carbons (Fsp3) is 0.125. The van der Waals surface area contributed by atoms with Gasteiger partial charge >= 0.3 is 12.1 Å². The Labute approximate surface area is 145 Å². The molecule has 2 aromatic carbocycles. The van der Waals surface area contributed by atoms with Crippen molar-refractivity contribution < 1.29 is 27.5 Å². The fourth-order valence-corrected chi connectivity index (χ4v) is 2.11. The number of hydrogen-bond acceptors (Lipinski definition) is 3. The Hall–Kier alpha value is -2.74. The summed E-state index contributed by atoms with van der Waals surface area (Å²) in [6.07, 6.45) is -5.05. The molecule has 132 valence electrons. The van der Waals surface area contributed by atoms with Crippen molar-refractivity contribution in [2.75, 3.05) is 17.7 Å². The number of carbonyl (C=O) groups excluding carboxylic acids is 2. The smallest absolute Gasteiger partial charge is 0.471 e. The van der Waals surface area contributed by atoms with Gasteiger partial charge < -0.3 is 15.4 Å². The summed E-state index contributed by atoms with van der Waals surface area (Å²) in [6, 6.07) is 9.85. The van der Waals surface area contributed by atoms with Gasteiger partial charge in [0.2, 0.25) is 0 Å². The predicted molar refractivity (Wildman–Crippen MR) is 87.1 cm³/mol. The zero-order valence-electron chi connectivity index (χ0n) is 12.8. The highest BCUT2D eigenvalue weighted by atomic mass is 35.5. The lowest BCUT2D eigenvalue weighted by Crippen LogP contribution is -2.30. The predicted octanol–water partition coefficient (Wildman–Crippen LogP) is 4.10. The molecule has 0 aliphatic rings. The highest BCUT2D eigenvalue weighted by Gasteiger charge is 2.39. The lowest BCUT2D eigenvalue weighted by atomic mass is 10.1. The molecule has 25 heavy (non-hydrogen) atoms. The molecule has 0 heterocycles. The number of halogens is 4. The fourth-order valence-electron chi connectivity index (χ4n) is 1.94. The topological polar surface area (TPSA) is 67.4 Å². The molecule has 0 bridgehead atoms. The van der Waals surface area contributed by atoms with Crippen LogP contribution in [0.5, 0.6) is 5.75 Å². The standard InChI is InChI=1S/C16H12ClF3N2O3/c1-25-13-7-6-9(17)8-10(13)14(23)21-11-4-2-3-5-12(11)22-15(24)16(18,19)20/h2-8H,1H3,(H,21,23)(H,22,24). The number of hydrogen-bond donors (Lipinski definition) is 2. The van der Waals surface area contributed by atoms with Crippen molar-refractivity contribution in [3.05, 3.63) is 53.1 Å². The van der Waals surface area contributed by atoms with E-state index in [1.807, 2.05) is 0 Å². The maximum absolute atomic E-state index is 12.4. The van der Waals surface area contributed by atoms with Gasteiger partial charge in [-0.05, 0) is 30.3 Å². The zero-order chi connectivity index (χ0) is 18.6. The van der Waals surface area contributed by atoms with Gasteiger partial charge in [-0.3, -0.25) is 9.59 Å². The molecule has 0 fully saturated rings. The van der Waals surface area contributed by atoms with Gasteiger partial charge in [0, 0.05) is 5.02 Å². The van der Waals surface area contributed by atoms with Gasteiger partial charge in [-0.2, -0.15) is 13.2 Å². The van der Waals surface area contributed by atoms with E-state index >= 15 is 0 Å². The molecular formula is C16H12ClF3N2O3. The Morgan fingerprint density at radius 3 is 2.20 bits per heavy atom. The van der Waals surface area contributed by atoms with Crippen LogP contribution >= 0.6 is 11.6 Å². The molecule has 0 aliphatic carbocycles. The summed E-state index contributed by atoms with van der Waals surface area (Å²) in [5.41, 5.74) is -0.113. The van der Waals surface area contributed by atoms with E-state index in [9.17, 15) is 22.8 Å². The minimum atomic E-state index is -5.05. The van der Waals surface area contributed by atoms with Crippen LogP contribution in [0.25, 0.3) is 0 Å². The van der Waals surface area contributed by atoms with Crippen LogP contribution in [0.1, 0.15) is 10.4 Å². The van der Waals surface area contributed by atoms with Crippen LogP contribution in [-0.2, 0) is 4.79 Å². The molecule has 0 atom stereocenters. The van der Waals surface area contributed by atoms with Gasteiger partial charge in [0.15, 0.2) is 0 Å². The largest absolute Gasteiger partial charge is 0.496 e. The molecule has 0 radical (unpaired) electrons. The molecule has 0 saturated heterocycles. The van der Waals surface area contributed by atoms with Crippen molar-refractivity contribution >= 4 is 34.8 Å². The van der Waals surface area contributed by atoms with Crippen LogP contribution in [0, 0.1) is 0 Å². The Morgan fingerprint density at radius 1 is 1.04 bits per heavy atom. The van der Waals surface area contributed by atoms with Crippen LogP contribution in [0.3, 0.4) is 0 Å². The lowest BCUT2D eigenvalue weighted by Gasteiger charge is -2.14. The zero-order valence-corrected chi connectivity index (χ0v) is 13.5. The van der Waals surface area contributed by atoms with Crippen molar-refractivity contribution in [3.63, 3.8) is 0 Å². The number of alkyl halides is 3. The number of nitrogens with one attached hydrogen (secondary N) is 2. The van der Waals surface area contributed by atoms with Crippen molar-refractivity contribution in [1.82, 2.24) is 0 Å². The average Bonchev–Trinajstić information content (AvgIpc) is 2.55. The number of rotatable bonds is 4. The lowest BCUT2D eigenvalue weighted by molar-refractivity contribution is -0.167. The molecule has 2 amide bonds. The maximum Gasteiger partial charge on any atom is 0.471 e. The molecule has 0 aromatic heterocycles. The van der Waals surface area contributed by atoms with Crippen LogP contribution in [0.2, 0.25) is 5.02 Å². The van der Waals surface area contributed by atoms with Crippen molar-refractivity contribution in [2.24, 2.45) is 0 Å². The van der Waals surface area contributed by atoms with E-state index in [0.29, 0.717) is 0 Å². The van der Waals surface area contributed by atoms with Gasteiger partial charge in [-0.1, -0.05) is 23.7 Å². The monoisotopic (exact) mass is 372 g/mol. The minimum Gasteiger partial charge on any atom is -0.496 e. The number of amides is 2. The average molecular weight is 373 g/mol. The molecule has 0 aliphatic heterocycles. The summed E-state index contributed by atoms with van der Waals surface area (Å²) in [5, 5.41) is 4.42. The highest BCUT2D eigenvalue weighted by molar-refractivity contribution is 6.31. The summed E-state index contributed by atoms with van der Waals surface area (Å²) in [4.78, 5) is 23.5. The third-order valence-electron chi connectivity index (χ3n) is 3.09. The van der Waals surface area contributed by atoms with Gasteiger partial charge in [-0.15, -0.1) is 0 Å². The summed E-state index contributed by atoms with van der Waals surface area (Å²) in [6.45, 7) is 0. The SMILES string of the molecule is COc1ccc(Cl)cc1C(=O)Nc1ccccc1NC(=O)C(F)(F)F. The molecular weight excluding hydrogens is 361 g/mol. The first-order valence-corrected chi connectivity index (χ1v) is 7.22. The highest BCUT2D eigenvalue weighted by Crippen LogP contribution is 2.27. The van der Waals surface area contributed by atoms with Gasteiger partial charge in [0.05, 0.1) is 24.0 Å². The first kappa shape index (κ1) is 18.6. The minimum absolute atomic E-state index is 0.00729. The number of anilines is 2. The Morgan fingerprint density at radius 2 is 1.64 bits per heavy atom. The van der Waals surface area contributed by atoms with E-state index in [1.54, 1.807) is 5.32 Å².